The van der Waals surface area contributed by atoms with Gasteiger partial charge in [-0.15, -0.1) is 0 Å². The molecule has 0 unspecified atom stereocenters. The average Bonchev–Trinajstić information content (AvgIpc) is 3.02. The number of nitrogens with one attached hydrogen (secondary N) is 1. The molecular weight excluding hydrogens is 414 g/mol. The first-order valence-electron chi connectivity index (χ1n) is 10.1. The Labute approximate surface area is 187 Å². The van der Waals surface area contributed by atoms with Gasteiger partial charge in [0.05, 0.1) is 10.6 Å². The Balaban J connectivity index is 1.62. The second-order valence-electron chi connectivity index (χ2n) is 8.66. The van der Waals surface area contributed by atoms with Gasteiger partial charge in [-0.25, -0.2) is 4.99 Å². The molecule has 30 heavy (non-hydrogen) atoms. The monoisotopic (exact) mass is 439 g/mol. The highest BCUT2D eigenvalue weighted by atomic mass is 35.5. The summed E-state index contributed by atoms with van der Waals surface area (Å²) in [4.78, 5) is 20.1. The minimum absolute atomic E-state index is 0.123. The number of nitrogens with zero attached hydrogens (tertiary/aromatic N) is 2. The zero-order chi connectivity index (χ0) is 21.6. The molecule has 0 aliphatic carbocycles. The number of halogens is 1. The van der Waals surface area contributed by atoms with Crippen LogP contribution in [0, 0.1) is 6.92 Å². The molecule has 1 fully saturated rings. The first-order valence-corrected chi connectivity index (χ1v) is 11.3. The van der Waals surface area contributed by atoms with Crippen LogP contribution in [-0.4, -0.2) is 23.7 Å². The highest BCUT2D eigenvalue weighted by Crippen LogP contribution is 2.43. The molecule has 2 aliphatic rings. The van der Waals surface area contributed by atoms with Crippen LogP contribution in [-0.2, 0) is 4.79 Å². The van der Waals surface area contributed by atoms with Crippen LogP contribution in [0.3, 0.4) is 0 Å². The van der Waals surface area contributed by atoms with Gasteiger partial charge in [-0.1, -0.05) is 30.7 Å². The predicted molar refractivity (Wildman–Crippen MR) is 129 cm³/mol. The van der Waals surface area contributed by atoms with Crippen molar-refractivity contribution >= 4 is 51.9 Å². The summed E-state index contributed by atoms with van der Waals surface area (Å²) >= 11 is 7.54. The molecule has 156 valence electrons. The Bertz CT molecular complexity index is 1090. The highest BCUT2D eigenvalue weighted by Gasteiger charge is 2.34. The summed E-state index contributed by atoms with van der Waals surface area (Å²) in [7, 11) is 2.16. The fraction of sp³-hybridized carbons (Fsp3) is 0.333. The summed E-state index contributed by atoms with van der Waals surface area (Å²) in [6.07, 6.45) is 3.04. The van der Waals surface area contributed by atoms with Crippen LogP contribution in [0.15, 0.2) is 46.3 Å². The van der Waals surface area contributed by atoms with Crippen molar-refractivity contribution in [2.24, 2.45) is 4.99 Å². The van der Waals surface area contributed by atoms with Crippen LogP contribution in [0.1, 0.15) is 49.8 Å². The molecule has 0 bridgehead atoms. The number of aliphatic imine (C=N–C) groups is 1. The molecule has 4 nitrogen and oxygen atoms in total. The topological polar surface area (TPSA) is 44.7 Å². The molecular formula is C24H26ClN3OS. The quantitative estimate of drug-likeness (QED) is 0.561. The van der Waals surface area contributed by atoms with Crippen molar-refractivity contribution in [2.45, 2.75) is 45.6 Å². The Kier molecular flexibility index (Phi) is 5.45. The van der Waals surface area contributed by atoms with Crippen LogP contribution in [0.5, 0.6) is 0 Å². The zero-order valence-electron chi connectivity index (χ0n) is 17.9. The smallest absolute Gasteiger partial charge is 0.264 e. The summed E-state index contributed by atoms with van der Waals surface area (Å²) in [5.74, 6) is 0.347. The fourth-order valence-corrected chi connectivity index (χ4v) is 5.15. The van der Waals surface area contributed by atoms with E-state index in [1.807, 2.05) is 31.2 Å². The van der Waals surface area contributed by atoms with E-state index in [2.05, 4.69) is 61.2 Å². The van der Waals surface area contributed by atoms with Crippen molar-refractivity contribution < 1.29 is 4.79 Å². The summed E-state index contributed by atoms with van der Waals surface area (Å²) < 4.78 is 0. The van der Waals surface area contributed by atoms with Crippen LogP contribution in [0.25, 0.3) is 6.08 Å². The average molecular weight is 440 g/mol. The number of fused-ring (bicyclic) bond motifs is 1. The maximum absolute atomic E-state index is 12.5. The highest BCUT2D eigenvalue weighted by molar-refractivity contribution is 8.18. The van der Waals surface area contributed by atoms with Crippen LogP contribution < -0.4 is 10.2 Å². The van der Waals surface area contributed by atoms with Crippen molar-refractivity contribution in [3.8, 4) is 0 Å². The van der Waals surface area contributed by atoms with Crippen LogP contribution in [0.2, 0.25) is 5.02 Å². The largest absolute Gasteiger partial charge is 0.369 e. The van der Waals surface area contributed by atoms with E-state index < -0.39 is 0 Å². The predicted octanol–water partition coefficient (Wildman–Crippen LogP) is 6.26. The van der Waals surface area contributed by atoms with E-state index in [-0.39, 0.29) is 11.4 Å². The molecule has 1 amide bonds. The number of hydrogen-bond acceptors (Lipinski definition) is 4. The number of thioether (sulfide) groups is 1. The summed E-state index contributed by atoms with van der Waals surface area (Å²) in [6.45, 7) is 8.76. The van der Waals surface area contributed by atoms with Gasteiger partial charge in [-0.3, -0.25) is 4.79 Å². The maximum atomic E-state index is 12.5. The van der Waals surface area contributed by atoms with Gasteiger partial charge in [-0.2, -0.15) is 0 Å². The van der Waals surface area contributed by atoms with Gasteiger partial charge in [0.2, 0.25) is 0 Å². The summed E-state index contributed by atoms with van der Waals surface area (Å²) in [6, 6.07) is 12.1. The molecule has 4 rings (SSSR count). The van der Waals surface area contributed by atoms with E-state index in [1.54, 1.807) is 0 Å². The van der Waals surface area contributed by atoms with Crippen molar-refractivity contribution in [3.05, 3.63) is 63.0 Å². The fourth-order valence-electron chi connectivity index (χ4n) is 4.14. The van der Waals surface area contributed by atoms with Crippen molar-refractivity contribution in [1.29, 1.82) is 0 Å². The summed E-state index contributed by atoms with van der Waals surface area (Å²) in [5.41, 5.74) is 5.43. The minimum Gasteiger partial charge on any atom is -0.369 e. The zero-order valence-corrected chi connectivity index (χ0v) is 19.5. The molecule has 2 aromatic carbocycles. The number of hydrogen-bond donors (Lipinski definition) is 1. The molecule has 0 radical (unpaired) electrons. The third-order valence-electron chi connectivity index (χ3n) is 6.07. The third kappa shape index (κ3) is 3.88. The number of amidine groups is 1. The van der Waals surface area contributed by atoms with Crippen molar-refractivity contribution in [1.82, 2.24) is 5.32 Å². The maximum Gasteiger partial charge on any atom is 0.264 e. The molecule has 0 spiro atoms. The first-order chi connectivity index (χ1) is 14.2. The van der Waals surface area contributed by atoms with Gasteiger partial charge >= 0.3 is 0 Å². The molecule has 2 aliphatic heterocycles. The van der Waals surface area contributed by atoms with E-state index >= 15 is 0 Å². The molecule has 0 saturated carbocycles. The molecule has 1 saturated heterocycles. The van der Waals surface area contributed by atoms with Crippen LogP contribution in [0.4, 0.5) is 11.4 Å². The molecule has 0 aromatic heterocycles. The Morgan fingerprint density at radius 3 is 2.83 bits per heavy atom. The number of amides is 1. The van der Waals surface area contributed by atoms with Gasteiger partial charge in [0.15, 0.2) is 5.17 Å². The van der Waals surface area contributed by atoms with Gasteiger partial charge < -0.3 is 10.2 Å². The van der Waals surface area contributed by atoms with Gasteiger partial charge in [0.1, 0.15) is 0 Å². The van der Waals surface area contributed by atoms with E-state index in [4.69, 9.17) is 11.6 Å². The van der Waals surface area contributed by atoms with Gasteiger partial charge in [0.25, 0.3) is 5.91 Å². The van der Waals surface area contributed by atoms with Crippen molar-refractivity contribution in [2.75, 3.05) is 11.9 Å². The van der Waals surface area contributed by atoms with Crippen LogP contribution >= 0.6 is 23.4 Å². The Morgan fingerprint density at radius 2 is 2.07 bits per heavy atom. The number of rotatable bonds is 2. The summed E-state index contributed by atoms with van der Waals surface area (Å²) in [5, 5.41) is 4.10. The molecule has 2 heterocycles. The Morgan fingerprint density at radius 1 is 1.30 bits per heavy atom. The lowest BCUT2D eigenvalue weighted by Crippen LogP contribution is -2.45. The lowest BCUT2D eigenvalue weighted by Gasteiger charge is -2.45. The lowest BCUT2D eigenvalue weighted by molar-refractivity contribution is -0.115. The molecule has 6 heteroatoms. The number of carbonyl (C=O) groups is 1. The standard InChI is InChI=1S/C24H26ClN3OS/c1-14-13-24(3,4)28(5)20-10-9-16(11-17(14)20)12-21-22(29)27-23(30-21)26-19-8-6-7-18(25)15(19)2/h6-12,14H,13H2,1-5H3,(H,26,27,29)/b21-12-/t14-/m1/s1. The van der Waals surface area contributed by atoms with E-state index in [0.29, 0.717) is 21.0 Å². The van der Waals surface area contributed by atoms with E-state index in [9.17, 15) is 4.79 Å². The SMILES string of the molecule is Cc1c(Cl)cccc1N=C1NC(=O)/C(=C/c2ccc3c(c2)[C@H](C)CC(C)(C)N3C)S1. The van der Waals surface area contributed by atoms with E-state index in [1.165, 1.54) is 23.0 Å². The van der Waals surface area contributed by atoms with Crippen molar-refractivity contribution in [3.63, 3.8) is 0 Å². The van der Waals surface area contributed by atoms with Gasteiger partial charge in [-0.05, 0) is 91.9 Å². The molecule has 1 atom stereocenters. The molecule has 1 N–H and O–H groups in total. The van der Waals surface area contributed by atoms with Gasteiger partial charge in [0, 0.05) is 23.3 Å². The minimum atomic E-state index is -0.123. The number of anilines is 1. The second kappa shape index (κ2) is 7.78. The Hall–Kier alpha value is -2.24. The number of carbonyl (C=O) groups excluding carboxylic acids is 1. The third-order valence-corrected chi connectivity index (χ3v) is 7.39. The first kappa shape index (κ1) is 21.0. The van der Waals surface area contributed by atoms with E-state index in [0.717, 1.165) is 23.2 Å². The normalized spacial score (nSPS) is 23.1. The second-order valence-corrected chi connectivity index (χ2v) is 10.1. The molecule has 2 aromatic rings. The lowest BCUT2D eigenvalue weighted by atomic mass is 9.80. The number of benzene rings is 2.